The molecular formula is C21H27BrN4O6. The van der Waals surface area contributed by atoms with Gasteiger partial charge in [-0.05, 0) is 45.4 Å². The number of nitrogens with zero attached hydrogens (tertiary/aromatic N) is 1. The zero-order chi connectivity index (χ0) is 23.9. The molecule has 0 aliphatic carbocycles. The summed E-state index contributed by atoms with van der Waals surface area (Å²) in [6, 6.07) is 4.91. The Hall–Kier alpha value is -2.95. The lowest BCUT2D eigenvalue weighted by Crippen LogP contribution is -2.42. The molecule has 10 nitrogen and oxygen atoms in total. The van der Waals surface area contributed by atoms with E-state index >= 15 is 0 Å². The summed E-state index contributed by atoms with van der Waals surface area (Å²) in [6.45, 7) is 5.45. The summed E-state index contributed by atoms with van der Waals surface area (Å²) in [4.78, 5) is 61.0. The van der Waals surface area contributed by atoms with Crippen LogP contribution >= 0.6 is 15.9 Å². The van der Waals surface area contributed by atoms with Crippen molar-refractivity contribution in [2.24, 2.45) is 0 Å². The Morgan fingerprint density at radius 2 is 1.59 bits per heavy atom. The van der Waals surface area contributed by atoms with E-state index in [1.54, 1.807) is 39.0 Å². The van der Waals surface area contributed by atoms with Gasteiger partial charge in [0.25, 0.3) is 11.8 Å². The topological polar surface area (TPSA) is 134 Å². The summed E-state index contributed by atoms with van der Waals surface area (Å²) < 4.78 is 5.74. The zero-order valence-electron chi connectivity index (χ0n) is 18.2. The fourth-order valence-corrected chi connectivity index (χ4v) is 3.25. The fraction of sp³-hybridized carbons (Fsp3) is 0.476. The Morgan fingerprint density at radius 3 is 2.25 bits per heavy atom. The molecule has 0 saturated carbocycles. The summed E-state index contributed by atoms with van der Waals surface area (Å²) >= 11 is 3.28. The molecule has 3 N–H and O–H groups in total. The number of halogens is 1. The average molecular weight is 511 g/mol. The molecule has 2 rings (SSSR count). The minimum Gasteiger partial charge on any atom is -0.444 e. The number of ether oxygens (including phenoxy) is 1. The van der Waals surface area contributed by atoms with E-state index in [-0.39, 0.29) is 50.3 Å². The van der Waals surface area contributed by atoms with E-state index in [1.165, 1.54) is 0 Å². The van der Waals surface area contributed by atoms with Crippen molar-refractivity contribution in [3.05, 3.63) is 33.8 Å². The number of imide groups is 1. The second kappa shape index (κ2) is 11.1. The van der Waals surface area contributed by atoms with Gasteiger partial charge in [-0.3, -0.25) is 24.1 Å². The quantitative estimate of drug-likeness (QED) is 0.341. The maximum atomic E-state index is 12.4. The zero-order valence-corrected chi connectivity index (χ0v) is 19.8. The van der Waals surface area contributed by atoms with Gasteiger partial charge in [-0.2, -0.15) is 0 Å². The lowest BCUT2D eigenvalue weighted by atomic mass is 10.1. The van der Waals surface area contributed by atoms with Gasteiger partial charge in [-0.15, -0.1) is 0 Å². The lowest BCUT2D eigenvalue weighted by molar-refractivity contribution is -0.122. The molecular weight excluding hydrogens is 484 g/mol. The van der Waals surface area contributed by atoms with Crippen LogP contribution in [0.15, 0.2) is 22.7 Å². The van der Waals surface area contributed by atoms with Crippen LogP contribution in [-0.4, -0.2) is 66.4 Å². The van der Waals surface area contributed by atoms with Gasteiger partial charge in [0.15, 0.2) is 0 Å². The lowest BCUT2D eigenvalue weighted by Gasteiger charge is -2.19. The SMILES string of the molecule is CC(C)(C)OC(=O)NCC(=O)NCCNC(=O)CCCN1C(=O)c2ccc(Br)cc2C1=O. The molecule has 0 aromatic heterocycles. The van der Waals surface area contributed by atoms with Crippen molar-refractivity contribution in [1.82, 2.24) is 20.9 Å². The van der Waals surface area contributed by atoms with Crippen LogP contribution in [-0.2, 0) is 14.3 Å². The van der Waals surface area contributed by atoms with E-state index in [0.717, 1.165) is 4.90 Å². The van der Waals surface area contributed by atoms with Crippen molar-refractivity contribution in [3.63, 3.8) is 0 Å². The Bertz CT molecular complexity index is 912. The first-order valence-corrected chi connectivity index (χ1v) is 10.9. The summed E-state index contributed by atoms with van der Waals surface area (Å²) in [5, 5.41) is 7.54. The Morgan fingerprint density at radius 1 is 0.969 bits per heavy atom. The first-order valence-electron chi connectivity index (χ1n) is 10.1. The second-order valence-corrected chi connectivity index (χ2v) is 9.03. The van der Waals surface area contributed by atoms with Crippen molar-refractivity contribution < 1.29 is 28.7 Å². The van der Waals surface area contributed by atoms with Gasteiger partial charge < -0.3 is 20.7 Å². The maximum Gasteiger partial charge on any atom is 0.408 e. The van der Waals surface area contributed by atoms with E-state index < -0.39 is 17.6 Å². The molecule has 0 radical (unpaired) electrons. The standard InChI is InChI=1S/C21H27BrN4O6/c1-21(2,3)32-20(31)25-12-17(28)24-9-8-23-16(27)5-4-10-26-18(29)14-7-6-13(22)11-15(14)19(26)30/h6-7,11H,4-5,8-10,12H2,1-3H3,(H,23,27)(H,24,28)(H,25,31). The normalized spacial score (nSPS) is 12.9. The predicted octanol–water partition coefficient (Wildman–Crippen LogP) is 1.58. The van der Waals surface area contributed by atoms with E-state index in [1.807, 2.05) is 0 Å². The highest BCUT2D eigenvalue weighted by Gasteiger charge is 2.35. The molecule has 1 aliphatic rings. The van der Waals surface area contributed by atoms with Crippen LogP contribution in [0.2, 0.25) is 0 Å². The van der Waals surface area contributed by atoms with Gasteiger partial charge in [0, 0.05) is 30.5 Å². The number of benzene rings is 1. The van der Waals surface area contributed by atoms with Crippen molar-refractivity contribution >= 4 is 45.7 Å². The van der Waals surface area contributed by atoms with Crippen LogP contribution in [0, 0.1) is 0 Å². The summed E-state index contributed by atoms with van der Waals surface area (Å²) in [7, 11) is 0. The van der Waals surface area contributed by atoms with Crippen LogP contribution in [0.3, 0.4) is 0 Å². The van der Waals surface area contributed by atoms with Gasteiger partial charge in [-0.25, -0.2) is 4.79 Å². The number of nitrogens with one attached hydrogen (secondary N) is 3. The van der Waals surface area contributed by atoms with Crippen LogP contribution in [0.4, 0.5) is 4.79 Å². The minimum atomic E-state index is -0.688. The summed E-state index contributed by atoms with van der Waals surface area (Å²) in [5.41, 5.74) is 0.0618. The van der Waals surface area contributed by atoms with Crippen molar-refractivity contribution in [1.29, 1.82) is 0 Å². The Labute approximate surface area is 194 Å². The predicted molar refractivity (Wildman–Crippen MR) is 119 cm³/mol. The molecule has 1 aromatic rings. The van der Waals surface area contributed by atoms with Crippen LogP contribution in [0.5, 0.6) is 0 Å². The monoisotopic (exact) mass is 510 g/mol. The smallest absolute Gasteiger partial charge is 0.408 e. The molecule has 0 saturated heterocycles. The van der Waals surface area contributed by atoms with Gasteiger partial charge >= 0.3 is 6.09 Å². The van der Waals surface area contributed by atoms with Crippen molar-refractivity contribution in [2.45, 2.75) is 39.2 Å². The third-order valence-electron chi connectivity index (χ3n) is 4.28. The number of carbonyl (C=O) groups is 5. The minimum absolute atomic E-state index is 0.130. The molecule has 1 heterocycles. The first-order chi connectivity index (χ1) is 15.0. The fourth-order valence-electron chi connectivity index (χ4n) is 2.89. The average Bonchev–Trinajstić information content (AvgIpc) is 2.92. The number of fused-ring (bicyclic) bond motifs is 1. The maximum absolute atomic E-state index is 12.4. The third-order valence-corrected chi connectivity index (χ3v) is 4.77. The summed E-state index contributed by atoms with van der Waals surface area (Å²) in [6.07, 6.45) is -0.234. The highest BCUT2D eigenvalue weighted by molar-refractivity contribution is 9.10. The van der Waals surface area contributed by atoms with Crippen molar-refractivity contribution in [2.75, 3.05) is 26.2 Å². The second-order valence-electron chi connectivity index (χ2n) is 8.11. The van der Waals surface area contributed by atoms with Crippen LogP contribution in [0.1, 0.15) is 54.3 Å². The van der Waals surface area contributed by atoms with E-state index in [9.17, 15) is 24.0 Å². The van der Waals surface area contributed by atoms with E-state index in [4.69, 9.17) is 4.74 Å². The van der Waals surface area contributed by atoms with Crippen LogP contribution < -0.4 is 16.0 Å². The number of hydrogen-bond acceptors (Lipinski definition) is 6. The summed E-state index contributed by atoms with van der Waals surface area (Å²) in [5.74, 6) is -1.40. The number of amides is 5. The van der Waals surface area contributed by atoms with E-state index in [2.05, 4.69) is 31.9 Å². The number of rotatable bonds is 9. The van der Waals surface area contributed by atoms with Gasteiger partial charge in [0.2, 0.25) is 11.8 Å². The first kappa shape index (κ1) is 25.3. The molecule has 0 spiro atoms. The molecule has 5 amide bonds. The highest BCUT2D eigenvalue weighted by atomic mass is 79.9. The molecule has 0 bridgehead atoms. The largest absolute Gasteiger partial charge is 0.444 e. The Balaban J connectivity index is 1.59. The highest BCUT2D eigenvalue weighted by Crippen LogP contribution is 2.26. The van der Waals surface area contributed by atoms with Gasteiger partial charge in [0.1, 0.15) is 5.60 Å². The van der Waals surface area contributed by atoms with E-state index in [0.29, 0.717) is 22.0 Å². The van der Waals surface area contributed by atoms with Gasteiger partial charge in [-0.1, -0.05) is 15.9 Å². The number of hydrogen-bond donors (Lipinski definition) is 3. The number of carbonyl (C=O) groups excluding carboxylic acids is 5. The molecule has 11 heteroatoms. The molecule has 1 aromatic carbocycles. The van der Waals surface area contributed by atoms with Gasteiger partial charge in [0.05, 0.1) is 17.7 Å². The molecule has 174 valence electrons. The molecule has 32 heavy (non-hydrogen) atoms. The third kappa shape index (κ3) is 7.63. The van der Waals surface area contributed by atoms with Crippen molar-refractivity contribution in [3.8, 4) is 0 Å². The molecule has 0 fully saturated rings. The van der Waals surface area contributed by atoms with Crippen LogP contribution in [0.25, 0.3) is 0 Å². The molecule has 0 unspecified atom stereocenters. The molecule has 1 aliphatic heterocycles. The number of alkyl carbamates (subject to hydrolysis) is 1. The molecule has 0 atom stereocenters. The Kier molecular flexibility index (Phi) is 8.76.